The Hall–Kier alpha value is -1.59. The van der Waals surface area contributed by atoms with E-state index in [1.165, 1.54) is 19.8 Å². The van der Waals surface area contributed by atoms with Gasteiger partial charge in [0.15, 0.2) is 0 Å². The predicted octanol–water partition coefficient (Wildman–Crippen LogP) is 0.905. The fourth-order valence-electron chi connectivity index (χ4n) is 4.31. The number of nitrogens with one attached hydrogen (secondary N) is 1. The third-order valence-corrected chi connectivity index (χ3v) is 5.41. The summed E-state index contributed by atoms with van der Waals surface area (Å²) >= 11 is 0. The molecule has 2 atom stereocenters. The van der Waals surface area contributed by atoms with Crippen molar-refractivity contribution in [3.63, 3.8) is 0 Å². The molecule has 2 saturated heterocycles. The van der Waals surface area contributed by atoms with Crippen molar-refractivity contribution in [1.29, 1.82) is 0 Å². The van der Waals surface area contributed by atoms with Gasteiger partial charge < -0.3 is 15.1 Å². The van der Waals surface area contributed by atoms with Gasteiger partial charge in [0.05, 0.1) is 5.92 Å². The topological polar surface area (TPSA) is 69.7 Å². The van der Waals surface area contributed by atoms with Gasteiger partial charge in [0, 0.05) is 45.1 Å². The second-order valence-corrected chi connectivity index (χ2v) is 7.21. The maximum absolute atomic E-state index is 12.8. The molecule has 1 N–H and O–H groups in total. The highest BCUT2D eigenvalue weighted by Gasteiger charge is 2.40. The average molecular weight is 321 g/mol. The molecule has 3 fully saturated rings. The van der Waals surface area contributed by atoms with Gasteiger partial charge >= 0.3 is 0 Å². The Kier molecular flexibility index (Phi) is 4.87. The van der Waals surface area contributed by atoms with Crippen molar-refractivity contribution in [1.82, 2.24) is 15.1 Å². The molecule has 2 unspecified atom stereocenters. The highest BCUT2D eigenvalue weighted by molar-refractivity contribution is 5.89. The largest absolute Gasteiger partial charge is 0.352 e. The summed E-state index contributed by atoms with van der Waals surface area (Å²) in [5.41, 5.74) is 0. The number of amides is 3. The van der Waals surface area contributed by atoms with E-state index < -0.39 is 0 Å². The van der Waals surface area contributed by atoms with Crippen molar-refractivity contribution >= 4 is 17.7 Å². The Bertz CT molecular complexity index is 487. The van der Waals surface area contributed by atoms with E-state index >= 15 is 0 Å². The molecule has 0 aromatic rings. The Balaban J connectivity index is 1.57. The molecule has 0 bridgehead atoms. The number of rotatable bonds is 3. The van der Waals surface area contributed by atoms with Crippen LogP contribution in [0.2, 0.25) is 0 Å². The van der Waals surface area contributed by atoms with E-state index in [2.05, 4.69) is 5.32 Å². The van der Waals surface area contributed by atoms with Crippen LogP contribution in [0.4, 0.5) is 0 Å². The lowest BCUT2D eigenvalue weighted by Gasteiger charge is -2.34. The summed E-state index contributed by atoms with van der Waals surface area (Å²) < 4.78 is 0. The molecule has 2 aliphatic heterocycles. The summed E-state index contributed by atoms with van der Waals surface area (Å²) in [5, 5.41) is 2.91. The number of hydrogen-bond acceptors (Lipinski definition) is 3. The third-order valence-electron chi connectivity index (χ3n) is 5.41. The molecule has 0 aromatic heterocycles. The van der Waals surface area contributed by atoms with Crippen LogP contribution < -0.4 is 5.32 Å². The summed E-state index contributed by atoms with van der Waals surface area (Å²) in [4.78, 5) is 40.0. The highest BCUT2D eigenvalue weighted by Crippen LogP contribution is 2.30. The smallest absolute Gasteiger partial charge is 0.228 e. The Morgan fingerprint density at radius 1 is 1.09 bits per heavy atom. The molecule has 6 heteroatoms. The zero-order chi connectivity index (χ0) is 16.4. The van der Waals surface area contributed by atoms with Crippen LogP contribution in [-0.4, -0.2) is 59.2 Å². The van der Waals surface area contributed by atoms with E-state index in [4.69, 9.17) is 0 Å². The first-order chi connectivity index (χ1) is 11.0. The molecule has 128 valence electrons. The molecular formula is C17H27N3O3. The normalized spacial score (nSPS) is 29.2. The SMILES string of the molecule is CC(=O)NC1CCCN(C(=O)C2CC(=O)N(C3CCCC3)C2)C1. The minimum absolute atomic E-state index is 0.0484. The third kappa shape index (κ3) is 3.67. The number of hydrogen-bond donors (Lipinski definition) is 1. The number of carbonyl (C=O) groups is 3. The number of piperidine rings is 1. The molecule has 0 radical (unpaired) electrons. The maximum Gasteiger partial charge on any atom is 0.228 e. The van der Waals surface area contributed by atoms with Crippen molar-refractivity contribution in [2.75, 3.05) is 19.6 Å². The first-order valence-corrected chi connectivity index (χ1v) is 8.90. The van der Waals surface area contributed by atoms with Crippen molar-refractivity contribution in [2.24, 2.45) is 5.92 Å². The van der Waals surface area contributed by atoms with E-state index in [1.54, 1.807) is 0 Å². The van der Waals surface area contributed by atoms with Crippen LogP contribution in [0.1, 0.15) is 51.9 Å². The lowest BCUT2D eigenvalue weighted by atomic mass is 10.0. The maximum atomic E-state index is 12.8. The minimum Gasteiger partial charge on any atom is -0.352 e. The number of nitrogens with zero attached hydrogens (tertiary/aromatic N) is 2. The van der Waals surface area contributed by atoms with Gasteiger partial charge in [-0.25, -0.2) is 0 Å². The fourth-order valence-corrected chi connectivity index (χ4v) is 4.31. The monoisotopic (exact) mass is 321 g/mol. The first-order valence-electron chi connectivity index (χ1n) is 8.90. The van der Waals surface area contributed by atoms with Gasteiger partial charge in [-0.1, -0.05) is 12.8 Å². The molecule has 1 saturated carbocycles. The molecule has 2 heterocycles. The van der Waals surface area contributed by atoms with Crippen molar-refractivity contribution < 1.29 is 14.4 Å². The predicted molar refractivity (Wildman–Crippen MR) is 85.5 cm³/mol. The van der Waals surface area contributed by atoms with Crippen molar-refractivity contribution in [3.05, 3.63) is 0 Å². The molecule has 0 aromatic carbocycles. The summed E-state index contributed by atoms with van der Waals surface area (Å²) in [6.45, 7) is 3.41. The number of carbonyl (C=O) groups excluding carboxylic acids is 3. The van der Waals surface area contributed by atoms with Gasteiger partial charge in [-0.2, -0.15) is 0 Å². The van der Waals surface area contributed by atoms with E-state index in [-0.39, 0.29) is 29.7 Å². The van der Waals surface area contributed by atoms with Crippen molar-refractivity contribution in [3.8, 4) is 0 Å². The quantitative estimate of drug-likeness (QED) is 0.840. The molecule has 3 rings (SSSR count). The van der Waals surface area contributed by atoms with E-state index in [1.807, 2.05) is 9.80 Å². The van der Waals surface area contributed by atoms with Crippen LogP contribution in [0.25, 0.3) is 0 Å². The molecular weight excluding hydrogens is 294 g/mol. The average Bonchev–Trinajstić information content (AvgIpc) is 3.15. The second-order valence-electron chi connectivity index (χ2n) is 7.21. The Morgan fingerprint density at radius 2 is 1.83 bits per heavy atom. The zero-order valence-corrected chi connectivity index (χ0v) is 13.9. The molecule has 1 aliphatic carbocycles. The van der Waals surface area contributed by atoms with Crippen LogP contribution in [0.15, 0.2) is 0 Å². The van der Waals surface area contributed by atoms with Crippen LogP contribution in [-0.2, 0) is 14.4 Å². The second kappa shape index (κ2) is 6.89. The summed E-state index contributed by atoms with van der Waals surface area (Å²) in [5.74, 6) is -0.00787. The molecule has 3 amide bonds. The van der Waals surface area contributed by atoms with Gasteiger partial charge in [0.2, 0.25) is 17.7 Å². The van der Waals surface area contributed by atoms with Gasteiger partial charge in [-0.15, -0.1) is 0 Å². The van der Waals surface area contributed by atoms with Gasteiger partial charge in [-0.3, -0.25) is 14.4 Å². The summed E-state index contributed by atoms with van der Waals surface area (Å²) in [6, 6.07) is 0.405. The molecule has 3 aliphatic rings. The number of likely N-dealkylation sites (tertiary alicyclic amines) is 2. The van der Waals surface area contributed by atoms with E-state index in [0.717, 1.165) is 32.2 Å². The Labute approximate surface area is 137 Å². The van der Waals surface area contributed by atoms with Crippen molar-refractivity contribution in [2.45, 2.75) is 64.0 Å². The lowest BCUT2D eigenvalue weighted by molar-refractivity contribution is -0.137. The molecule has 6 nitrogen and oxygen atoms in total. The van der Waals surface area contributed by atoms with Crippen LogP contribution >= 0.6 is 0 Å². The summed E-state index contributed by atoms with van der Waals surface area (Å²) in [6.07, 6.45) is 6.73. The lowest BCUT2D eigenvalue weighted by Crippen LogP contribution is -2.51. The van der Waals surface area contributed by atoms with Crippen LogP contribution in [0.5, 0.6) is 0 Å². The van der Waals surface area contributed by atoms with Gasteiger partial charge in [0.1, 0.15) is 0 Å². The summed E-state index contributed by atoms with van der Waals surface area (Å²) in [7, 11) is 0. The van der Waals surface area contributed by atoms with Crippen LogP contribution in [0, 0.1) is 5.92 Å². The Morgan fingerprint density at radius 3 is 2.52 bits per heavy atom. The van der Waals surface area contributed by atoms with Gasteiger partial charge in [-0.05, 0) is 25.7 Å². The fraction of sp³-hybridized carbons (Fsp3) is 0.824. The zero-order valence-electron chi connectivity index (χ0n) is 13.9. The van der Waals surface area contributed by atoms with E-state index in [0.29, 0.717) is 25.6 Å². The molecule has 0 spiro atoms. The van der Waals surface area contributed by atoms with Gasteiger partial charge in [0.25, 0.3) is 0 Å². The van der Waals surface area contributed by atoms with E-state index in [9.17, 15) is 14.4 Å². The molecule has 23 heavy (non-hydrogen) atoms. The van der Waals surface area contributed by atoms with Crippen LogP contribution in [0.3, 0.4) is 0 Å². The first kappa shape index (κ1) is 16.3. The standard InChI is InChI=1S/C17H27N3O3/c1-12(21)18-14-5-4-8-19(11-14)17(23)13-9-16(22)20(10-13)15-6-2-3-7-15/h13-15H,2-11H2,1H3,(H,18,21). The minimum atomic E-state index is -0.195. The highest BCUT2D eigenvalue weighted by atomic mass is 16.2.